The number of rotatable bonds is 5. The summed E-state index contributed by atoms with van der Waals surface area (Å²) in [5.41, 5.74) is 5.24. The van der Waals surface area contributed by atoms with Crippen molar-refractivity contribution in [1.29, 1.82) is 0 Å². The highest BCUT2D eigenvalue weighted by Crippen LogP contribution is 2.29. The van der Waals surface area contributed by atoms with Gasteiger partial charge < -0.3 is 10.1 Å². The van der Waals surface area contributed by atoms with E-state index in [2.05, 4.69) is 34.5 Å². The molecule has 1 atom stereocenters. The van der Waals surface area contributed by atoms with E-state index in [0.717, 1.165) is 66.6 Å². The molecule has 5 nitrogen and oxygen atoms in total. The predicted molar refractivity (Wildman–Crippen MR) is 118 cm³/mol. The topological polar surface area (TPSA) is 54.5 Å². The zero-order valence-electron chi connectivity index (χ0n) is 17.1. The van der Waals surface area contributed by atoms with Gasteiger partial charge in [0, 0.05) is 37.3 Å². The lowest BCUT2D eigenvalue weighted by Crippen LogP contribution is -2.47. The molecular formula is C25H27N3O2. The van der Waals surface area contributed by atoms with E-state index in [-0.39, 0.29) is 12.0 Å². The summed E-state index contributed by atoms with van der Waals surface area (Å²) in [6.45, 7) is 3.87. The van der Waals surface area contributed by atoms with Gasteiger partial charge in [0.25, 0.3) is 5.91 Å². The second-order valence-corrected chi connectivity index (χ2v) is 8.21. The number of amides is 1. The van der Waals surface area contributed by atoms with Gasteiger partial charge in [-0.05, 0) is 36.5 Å². The van der Waals surface area contributed by atoms with Gasteiger partial charge in [-0.3, -0.25) is 14.7 Å². The Morgan fingerprint density at radius 1 is 1.10 bits per heavy atom. The molecule has 1 fully saturated rings. The molecule has 1 unspecified atom stereocenters. The number of nitrogens with zero attached hydrogens (tertiary/aromatic N) is 2. The minimum atomic E-state index is -0.00414. The summed E-state index contributed by atoms with van der Waals surface area (Å²) in [4.78, 5) is 20.4. The number of morpholine rings is 1. The van der Waals surface area contributed by atoms with Gasteiger partial charge in [0.15, 0.2) is 0 Å². The summed E-state index contributed by atoms with van der Waals surface area (Å²) in [5.74, 6) is -0.00414. The number of carbonyl (C=O) groups excluding carboxylic acids is 1. The van der Waals surface area contributed by atoms with Crippen LogP contribution in [0.5, 0.6) is 0 Å². The van der Waals surface area contributed by atoms with Crippen LogP contribution < -0.4 is 5.32 Å². The molecule has 0 bridgehead atoms. The number of pyridine rings is 1. The summed E-state index contributed by atoms with van der Waals surface area (Å²) in [6.07, 6.45) is 2.97. The van der Waals surface area contributed by atoms with E-state index < -0.39 is 0 Å². The first kappa shape index (κ1) is 19.2. The first-order chi connectivity index (χ1) is 14.8. The third-order valence-corrected chi connectivity index (χ3v) is 6.11. The zero-order valence-corrected chi connectivity index (χ0v) is 17.1. The number of benzene rings is 2. The maximum absolute atomic E-state index is 13.2. The van der Waals surface area contributed by atoms with E-state index in [9.17, 15) is 4.79 Å². The van der Waals surface area contributed by atoms with Crippen molar-refractivity contribution >= 4 is 16.8 Å². The first-order valence-corrected chi connectivity index (χ1v) is 10.8. The third-order valence-electron chi connectivity index (χ3n) is 6.11. The second kappa shape index (κ2) is 8.54. The number of nitrogens with one attached hydrogen (secondary N) is 1. The van der Waals surface area contributed by atoms with Gasteiger partial charge in [-0.2, -0.15) is 0 Å². The summed E-state index contributed by atoms with van der Waals surface area (Å²) in [7, 11) is 0. The number of aryl methyl sites for hydroxylation is 1. The van der Waals surface area contributed by atoms with E-state index in [0.29, 0.717) is 13.2 Å². The Labute approximate surface area is 177 Å². The number of fused-ring (bicyclic) bond motifs is 2. The van der Waals surface area contributed by atoms with Crippen LogP contribution in [0.2, 0.25) is 0 Å². The Morgan fingerprint density at radius 2 is 1.93 bits per heavy atom. The van der Waals surface area contributed by atoms with Crippen molar-refractivity contribution < 1.29 is 9.53 Å². The van der Waals surface area contributed by atoms with Crippen molar-refractivity contribution in [3.8, 4) is 0 Å². The van der Waals surface area contributed by atoms with E-state index in [1.54, 1.807) is 0 Å². The van der Waals surface area contributed by atoms with Crippen molar-refractivity contribution in [2.45, 2.75) is 31.9 Å². The normalized spacial score (nSPS) is 19.0. The lowest BCUT2D eigenvalue weighted by Gasteiger charge is -2.33. The van der Waals surface area contributed by atoms with Crippen LogP contribution in [0.3, 0.4) is 0 Å². The van der Waals surface area contributed by atoms with E-state index in [1.165, 1.54) is 5.56 Å². The molecule has 2 aliphatic rings. The van der Waals surface area contributed by atoms with E-state index >= 15 is 0 Å². The zero-order chi connectivity index (χ0) is 20.3. The summed E-state index contributed by atoms with van der Waals surface area (Å²) in [6, 6.07) is 18.5. The van der Waals surface area contributed by atoms with Gasteiger partial charge in [0.1, 0.15) is 0 Å². The second-order valence-electron chi connectivity index (χ2n) is 8.21. The first-order valence-electron chi connectivity index (χ1n) is 10.8. The SMILES string of the molecule is O=C(NCC1CN(Cc2ccccc2)CCO1)c1c2c(nc3ccccc13)CCC2. The fraction of sp³-hybridized carbons (Fsp3) is 0.360. The Balaban J connectivity index is 1.28. The number of hydrogen-bond acceptors (Lipinski definition) is 4. The number of para-hydroxylation sites is 1. The van der Waals surface area contributed by atoms with Gasteiger partial charge in [-0.1, -0.05) is 48.5 Å². The number of carbonyl (C=O) groups is 1. The van der Waals surface area contributed by atoms with E-state index in [4.69, 9.17) is 9.72 Å². The summed E-state index contributed by atoms with van der Waals surface area (Å²) >= 11 is 0. The molecule has 5 heteroatoms. The highest BCUT2D eigenvalue weighted by Gasteiger charge is 2.25. The largest absolute Gasteiger partial charge is 0.374 e. The van der Waals surface area contributed by atoms with Gasteiger partial charge in [-0.15, -0.1) is 0 Å². The van der Waals surface area contributed by atoms with Gasteiger partial charge >= 0.3 is 0 Å². The number of hydrogen-bond donors (Lipinski definition) is 1. The molecule has 2 heterocycles. The van der Waals surface area contributed by atoms with Gasteiger partial charge in [0.2, 0.25) is 0 Å². The molecule has 0 radical (unpaired) electrons. The average molecular weight is 402 g/mol. The fourth-order valence-corrected chi connectivity index (χ4v) is 4.65. The van der Waals surface area contributed by atoms with Crippen LogP contribution in [0.1, 0.15) is 33.6 Å². The number of aromatic nitrogens is 1. The molecule has 2 aromatic carbocycles. The third kappa shape index (κ3) is 3.95. The maximum atomic E-state index is 13.2. The summed E-state index contributed by atoms with van der Waals surface area (Å²) in [5, 5.41) is 4.11. The summed E-state index contributed by atoms with van der Waals surface area (Å²) < 4.78 is 5.94. The lowest BCUT2D eigenvalue weighted by molar-refractivity contribution is -0.0292. The molecule has 1 amide bonds. The quantitative estimate of drug-likeness (QED) is 0.712. The van der Waals surface area contributed by atoms with Crippen LogP contribution in [-0.4, -0.2) is 48.1 Å². The molecule has 1 aliphatic heterocycles. The molecule has 0 saturated carbocycles. The van der Waals surface area contributed by atoms with Crippen molar-refractivity contribution in [3.05, 3.63) is 77.0 Å². The predicted octanol–water partition coefficient (Wildman–Crippen LogP) is 3.35. The van der Waals surface area contributed by atoms with Crippen LogP contribution in [0.15, 0.2) is 54.6 Å². The molecular weight excluding hydrogens is 374 g/mol. The molecule has 3 aromatic rings. The Bertz CT molecular complexity index is 1050. The van der Waals surface area contributed by atoms with Crippen LogP contribution in [0.25, 0.3) is 10.9 Å². The Morgan fingerprint density at radius 3 is 2.83 bits per heavy atom. The standard InChI is InChI=1S/C25H27N3O2/c29-25(24-20-9-4-5-11-22(20)27-23-12-6-10-21(23)24)26-15-19-17-28(13-14-30-19)16-18-7-2-1-3-8-18/h1-5,7-9,11,19H,6,10,12-17H2,(H,26,29). The highest BCUT2D eigenvalue weighted by atomic mass is 16.5. The monoisotopic (exact) mass is 401 g/mol. The van der Waals surface area contributed by atoms with Crippen LogP contribution >= 0.6 is 0 Å². The molecule has 154 valence electrons. The van der Waals surface area contributed by atoms with Crippen LogP contribution in [0, 0.1) is 0 Å². The van der Waals surface area contributed by atoms with Crippen molar-refractivity contribution in [1.82, 2.24) is 15.2 Å². The smallest absolute Gasteiger partial charge is 0.252 e. The van der Waals surface area contributed by atoms with Gasteiger partial charge in [0.05, 0.1) is 23.8 Å². The van der Waals surface area contributed by atoms with E-state index in [1.807, 2.05) is 30.3 Å². The highest BCUT2D eigenvalue weighted by molar-refractivity contribution is 6.07. The minimum Gasteiger partial charge on any atom is -0.374 e. The van der Waals surface area contributed by atoms with Crippen molar-refractivity contribution in [2.75, 3.05) is 26.2 Å². The number of ether oxygens (including phenoxy) is 1. The molecule has 1 aliphatic carbocycles. The molecule has 1 aromatic heterocycles. The Kier molecular flexibility index (Phi) is 5.47. The Hall–Kier alpha value is -2.76. The van der Waals surface area contributed by atoms with Gasteiger partial charge in [-0.25, -0.2) is 0 Å². The molecule has 30 heavy (non-hydrogen) atoms. The van der Waals surface area contributed by atoms with Crippen molar-refractivity contribution in [2.24, 2.45) is 0 Å². The fourth-order valence-electron chi connectivity index (χ4n) is 4.65. The molecule has 1 N–H and O–H groups in total. The minimum absolute atomic E-state index is 0.00414. The van der Waals surface area contributed by atoms with Crippen LogP contribution in [-0.2, 0) is 24.1 Å². The molecule has 1 saturated heterocycles. The average Bonchev–Trinajstić information content (AvgIpc) is 3.25. The van der Waals surface area contributed by atoms with Crippen molar-refractivity contribution in [3.63, 3.8) is 0 Å². The molecule has 0 spiro atoms. The maximum Gasteiger partial charge on any atom is 0.252 e. The molecule has 5 rings (SSSR count). The lowest BCUT2D eigenvalue weighted by atomic mass is 10.0. The van der Waals surface area contributed by atoms with Crippen LogP contribution in [0.4, 0.5) is 0 Å².